The fourth-order valence-corrected chi connectivity index (χ4v) is 5.12. The second-order valence-electron chi connectivity index (χ2n) is 9.70. The lowest BCUT2D eigenvalue weighted by atomic mass is 10.0. The number of hydrogen-bond acceptors (Lipinski definition) is 6. The van der Waals surface area contributed by atoms with Crippen LogP contribution in [-0.4, -0.2) is 38.3 Å². The molecule has 2 heterocycles. The smallest absolute Gasteiger partial charge is 0.274 e. The number of sulfone groups is 1. The summed E-state index contributed by atoms with van der Waals surface area (Å²) in [7, 11) is 2.22. The van der Waals surface area contributed by atoms with Crippen LogP contribution in [-0.2, 0) is 23.4 Å². The van der Waals surface area contributed by atoms with Crippen molar-refractivity contribution in [2.45, 2.75) is 11.4 Å². The van der Waals surface area contributed by atoms with Gasteiger partial charge in [0.15, 0.2) is 9.84 Å². The highest BCUT2D eigenvalue weighted by molar-refractivity contribution is 7.90. The van der Waals surface area contributed by atoms with Gasteiger partial charge in [0.1, 0.15) is 17.0 Å². The van der Waals surface area contributed by atoms with Gasteiger partial charge in [0.2, 0.25) is 0 Å². The Bertz CT molecular complexity index is 1840. The van der Waals surface area contributed by atoms with E-state index >= 15 is 0 Å². The summed E-state index contributed by atoms with van der Waals surface area (Å²) < 4.78 is 32.6. The number of fused-ring (bicyclic) bond motifs is 1. The molecule has 5 aromatic rings. The molecular weight excluding hydrogens is 512 g/mol. The second-order valence-corrected chi connectivity index (χ2v) is 11.7. The number of benzene rings is 3. The highest BCUT2D eigenvalue weighted by Crippen LogP contribution is 2.38. The van der Waals surface area contributed by atoms with Crippen LogP contribution in [0.25, 0.3) is 22.0 Å². The first-order chi connectivity index (χ1) is 18.6. The Morgan fingerprint density at radius 1 is 0.974 bits per heavy atom. The van der Waals surface area contributed by atoms with E-state index in [0.29, 0.717) is 40.1 Å². The molecule has 0 spiro atoms. The normalized spacial score (nSPS) is 11.5. The van der Waals surface area contributed by atoms with Crippen molar-refractivity contribution < 1.29 is 13.2 Å². The van der Waals surface area contributed by atoms with Crippen LogP contribution in [0.5, 0.6) is 11.5 Å². The van der Waals surface area contributed by atoms with Crippen LogP contribution in [0.4, 0.5) is 11.4 Å². The SMILES string of the molecule is CN(C)c1cccc(CNc2cccc(Oc3ccc(S(C)(=O)=O)cc3-c3cn(C)c(=O)c4[nH]ccc34)c2)c1. The van der Waals surface area contributed by atoms with Crippen LogP contribution >= 0.6 is 0 Å². The van der Waals surface area contributed by atoms with Crippen LogP contribution in [0, 0.1) is 0 Å². The molecule has 2 N–H and O–H groups in total. The number of H-pyrrole nitrogens is 1. The number of anilines is 2. The molecule has 0 aliphatic rings. The third kappa shape index (κ3) is 5.53. The summed E-state index contributed by atoms with van der Waals surface area (Å²) in [5, 5.41) is 4.13. The van der Waals surface area contributed by atoms with Gasteiger partial charge in [-0.25, -0.2) is 8.42 Å². The van der Waals surface area contributed by atoms with Gasteiger partial charge in [-0.2, -0.15) is 0 Å². The lowest BCUT2D eigenvalue weighted by Gasteiger charge is -2.16. The topological polar surface area (TPSA) is 96.4 Å². The van der Waals surface area contributed by atoms with Gasteiger partial charge in [-0.3, -0.25) is 4.79 Å². The van der Waals surface area contributed by atoms with E-state index in [0.717, 1.165) is 16.9 Å². The van der Waals surface area contributed by atoms with Gasteiger partial charge in [-0.05, 0) is 54.1 Å². The molecule has 0 fully saturated rings. The van der Waals surface area contributed by atoms with E-state index in [2.05, 4.69) is 33.4 Å². The molecular formula is C30H30N4O4S. The molecule has 39 heavy (non-hydrogen) atoms. The summed E-state index contributed by atoms with van der Waals surface area (Å²) >= 11 is 0. The van der Waals surface area contributed by atoms with Gasteiger partial charge in [-0.15, -0.1) is 0 Å². The first-order valence-electron chi connectivity index (χ1n) is 12.4. The Morgan fingerprint density at radius 2 is 1.77 bits per heavy atom. The molecule has 2 aromatic heterocycles. The summed E-state index contributed by atoms with van der Waals surface area (Å²) in [4.78, 5) is 17.8. The standard InChI is InChI=1S/C30H30N4O4S/c1-33(2)22-9-5-7-20(15-22)18-32-21-8-6-10-23(16-21)38-28-12-11-24(39(4,36)37)17-26(28)27-19-34(3)30(35)29-25(27)13-14-31-29/h5-17,19,31-32H,18H2,1-4H3. The Hall–Kier alpha value is -4.50. The van der Waals surface area contributed by atoms with Crippen LogP contribution in [0.3, 0.4) is 0 Å². The monoisotopic (exact) mass is 542 g/mol. The third-order valence-electron chi connectivity index (χ3n) is 6.55. The Balaban J connectivity index is 1.50. The summed E-state index contributed by atoms with van der Waals surface area (Å²) in [6.45, 7) is 0.642. The number of aromatic nitrogens is 2. The Kier molecular flexibility index (Phi) is 6.93. The number of nitrogens with zero attached hydrogens (tertiary/aromatic N) is 2. The fourth-order valence-electron chi connectivity index (χ4n) is 4.47. The van der Waals surface area contributed by atoms with Crippen LogP contribution in [0.2, 0.25) is 0 Å². The molecule has 0 amide bonds. The largest absolute Gasteiger partial charge is 0.457 e. The maximum absolute atomic E-state index is 12.6. The van der Waals surface area contributed by atoms with E-state index in [1.54, 1.807) is 37.6 Å². The van der Waals surface area contributed by atoms with E-state index in [4.69, 9.17) is 4.74 Å². The molecule has 8 nitrogen and oxygen atoms in total. The second kappa shape index (κ2) is 10.3. The predicted octanol–water partition coefficient (Wildman–Crippen LogP) is 5.41. The third-order valence-corrected chi connectivity index (χ3v) is 7.66. The van der Waals surface area contributed by atoms with Crippen molar-refractivity contribution in [3.8, 4) is 22.6 Å². The molecule has 0 bridgehead atoms. The molecule has 0 saturated carbocycles. The van der Waals surface area contributed by atoms with Gasteiger partial charge in [0.25, 0.3) is 5.56 Å². The molecule has 9 heteroatoms. The Labute approximate surface area is 227 Å². The average Bonchev–Trinajstić information content (AvgIpc) is 3.40. The van der Waals surface area contributed by atoms with E-state index in [9.17, 15) is 13.2 Å². The van der Waals surface area contributed by atoms with Gasteiger partial charge in [0.05, 0.1) is 4.90 Å². The number of ether oxygens (including phenoxy) is 1. The van der Waals surface area contributed by atoms with Crippen molar-refractivity contribution in [2.75, 3.05) is 30.6 Å². The lowest BCUT2D eigenvalue weighted by molar-refractivity contribution is 0.484. The minimum absolute atomic E-state index is 0.165. The van der Waals surface area contributed by atoms with E-state index in [1.165, 1.54) is 16.9 Å². The highest BCUT2D eigenvalue weighted by Gasteiger charge is 2.18. The molecule has 0 atom stereocenters. The number of aryl methyl sites for hydroxylation is 1. The molecule has 200 valence electrons. The molecule has 0 saturated heterocycles. The van der Waals surface area contributed by atoms with E-state index in [-0.39, 0.29) is 10.5 Å². The zero-order valence-electron chi connectivity index (χ0n) is 22.2. The van der Waals surface area contributed by atoms with Gasteiger partial charge >= 0.3 is 0 Å². The van der Waals surface area contributed by atoms with Gasteiger partial charge < -0.3 is 24.5 Å². The fraction of sp³-hybridized carbons (Fsp3) is 0.167. The van der Waals surface area contributed by atoms with Crippen LogP contribution in [0.1, 0.15) is 5.56 Å². The van der Waals surface area contributed by atoms with Crippen molar-refractivity contribution in [1.82, 2.24) is 9.55 Å². The number of aromatic amines is 1. The summed E-state index contributed by atoms with van der Waals surface area (Å²) in [6.07, 6.45) is 4.56. The summed E-state index contributed by atoms with van der Waals surface area (Å²) in [5.74, 6) is 1.06. The Morgan fingerprint density at radius 3 is 2.54 bits per heavy atom. The molecule has 0 unspecified atom stereocenters. The van der Waals surface area contributed by atoms with E-state index < -0.39 is 9.84 Å². The van der Waals surface area contributed by atoms with Gasteiger partial charge in [-0.1, -0.05) is 18.2 Å². The van der Waals surface area contributed by atoms with Crippen LogP contribution in [0.15, 0.2) is 94.9 Å². The molecule has 0 aliphatic heterocycles. The zero-order chi connectivity index (χ0) is 27.7. The molecule has 0 aliphatic carbocycles. The number of hydrogen-bond donors (Lipinski definition) is 2. The van der Waals surface area contributed by atoms with Crippen molar-refractivity contribution in [3.63, 3.8) is 0 Å². The highest BCUT2D eigenvalue weighted by atomic mass is 32.2. The molecule has 0 radical (unpaired) electrons. The zero-order valence-corrected chi connectivity index (χ0v) is 23.0. The average molecular weight is 543 g/mol. The number of nitrogens with one attached hydrogen (secondary N) is 2. The maximum atomic E-state index is 12.6. The number of rotatable bonds is 8. The van der Waals surface area contributed by atoms with Crippen molar-refractivity contribution in [1.29, 1.82) is 0 Å². The van der Waals surface area contributed by atoms with Gasteiger partial charge in [0, 0.05) is 80.3 Å². The minimum Gasteiger partial charge on any atom is -0.457 e. The molecule has 3 aromatic carbocycles. The first-order valence-corrected chi connectivity index (χ1v) is 14.3. The van der Waals surface area contributed by atoms with Crippen molar-refractivity contribution in [3.05, 3.63) is 101 Å². The molecule has 5 rings (SSSR count). The van der Waals surface area contributed by atoms with Crippen molar-refractivity contribution >= 4 is 32.1 Å². The number of pyridine rings is 1. The summed E-state index contributed by atoms with van der Waals surface area (Å²) in [6, 6.07) is 22.5. The maximum Gasteiger partial charge on any atom is 0.274 e. The quantitative estimate of drug-likeness (QED) is 0.272. The predicted molar refractivity (Wildman–Crippen MR) is 157 cm³/mol. The first kappa shape index (κ1) is 26.1. The van der Waals surface area contributed by atoms with Crippen molar-refractivity contribution in [2.24, 2.45) is 7.05 Å². The lowest BCUT2D eigenvalue weighted by Crippen LogP contribution is -2.16. The van der Waals surface area contributed by atoms with E-state index in [1.807, 2.05) is 44.4 Å². The van der Waals surface area contributed by atoms with Crippen LogP contribution < -0.4 is 20.5 Å². The minimum atomic E-state index is -3.48. The summed E-state index contributed by atoms with van der Waals surface area (Å²) in [5.41, 5.74) is 4.68.